The molecule has 0 aromatic carbocycles. The first-order valence-corrected chi connectivity index (χ1v) is 5.52. The van der Waals surface area contributed by atoms with Crippen LogP contribution in [0.3, 0.4) is 0 Å². The molecule has 14 heavy (non-hydrogen) atoms. The summed E-state index contributed by atoms with van der Waals surface area (Å²) < 4.78 is 0.908. The predicted octanol–water partition coefficient (Wildman–Crippen LogP) is 1.01. The molecule has 1 aromatic rings. The molecular formula is C8H6BrCl2N3. The SMILES string of the molecule is Nc1nc(Cl)nc2c1=CC(Cl)CC=2Br. The van der Waals surface area contributed by atoms with Gasteiger partial charge in [-0.3, -0.25) is 0 Å². The van der Waals surface area contributed by atoms with Gasteiger partial charge in [-0.05, 0) is 11.6 Å². The lowest BCUT2D eigenvalue weighted by atomic mass is 10.1. The fourth-order valence-corrected chi connectivity index (χ4v) is 2.63. The minimum absolute atomic E-state index is 0.0797. The molecule has 0 saturated heterocycles. The molecular weight excluding hydrogens is 289 g/mol. The summed E-state index contributed by atoms with van der Waals surface area (Å²) >= 11 is 15.1. The van der Waals surface area contributed by atoms with Crippen molar-refractivity contribution in [2.75, 3.05) is 5.73 Å². The number of nitrogens with zero attached hydrogens (tertiary/aromatic N) is 2. The van der Waals surface area contributed by atoms with E-state index < -0.39 is 0 Å². The van der Waals surface area contributed by atoms with Crippen molar-refractivity contribution >= 4 is 55.5 Å². The Balaban J connectivity index is 2.89. The molecule has 0 saturated carbocycles. The number of anilines is 1. The van der Waals surface area contributed by atoms with E-state index in [0.717, 1.165) is 15.1 Å². The smallest absolute Gasteiger partial charge is 0.224 e. The van der Waals surface area contributed by atoms with Gasteiger partial charge in [0.05, 0.1) is 10.7 Å². The zero-order valence-corrected chi connectivity index (χ0v) is 10.1. The van der Waals surface area contributed by atoms with Crippen molar-refractivity contribution < 1.29 is 0 Å². The van der Waals surface area contributed by atoms with Gasteiger partial charge in [-0.25, -0.2) is 9.97 Å². The normalized spacial score (nSPS) is 20.2. The van der Waals surface area contributed by atoms with Crippen molar-refractivity contribution in [2.45, 2.75) is 11.8 Å². The summed E-state index contributed by atoms with van der Waals surface area (Å²) in [5.41, 5.74) is 5.71. The summed E-state index contributed by atoms with van der Waals surface area (Å²) in [7, 11) is 0. The first kappa shape index (κ1) is 10.2. The van der Waals surface area contributed by atoms with Crippen molar-refractivity contribution in [3.05, 3.63) is 15.9 Å². The summed E-state index contributed by atoms with van der Waals surface area (Å²) in [5.74, 6) is 0.363. The topological polar surface area (TPSA) is 51.8 Å². The Bertz CT molecular complexity index is 500. The van der Waals surface area contributed by atoms with Gasteiger partial charge < -0.3 is 5.73 Å². The summed E-state index contributed by atoms with van der Waals surface area (Å²) in [4.78, 5) is 7.95. The molecule has 0 spiro atoms. The summed E-state index contributed by atoms with van der Waals surface area (Å²) in [6.45, 7) is 0. The molecule has 0 radical (unpaired) electrons. The number of halogens is 3. The first-order chi connectivity index (χ1) is 6.58. The van der Waals surface area contributed by atoms with Gasteiger partial charge in [-0.2, -0.15) is 0 Å². The van der Waals surface area contributed by atoms with Crippen LogP contribution >= 0.6 is 39.1 Å². The van der Waals surface area contributed by atoms with Crippen molar-refractivity contribution in [2.24, 2.45) is 0 Å². The molecule has 1 unspecified atom stereocenters. The number of alkyl halides is 1. The summed E-state index contributed by atoms with van der Waals surface area (Å²) in [6, 6.07) is 0. The van der Waals surface area contributed by atoms with Crippen LogP contribution in [0, 0.1) is 0 Å². The quantitative estimate of drug-likeness (QED) is 0.574. The number of nitrogens with two attached hydrogens (primary N) is 1. The van der Waals surface area contributed by atoms with Crippen molar-refractivity contribution in [1.82, 2.24) is 9.97 Å². The molecule has 1 heterocycles. The van der Waals surface area contributed by atoms with Gasteiger partial charge in [0.25, 0.3) is 0 Å². The molecule has 74 valence electrons. The van der Waals surface area contributed by atoms with E-state index in [0.29, 0.717) is 12.2 Å². The van der Waals surface area contributed by atoms with Crippen LogP contribution in [-0.4, -0.2) is 15.3 Å². The Labute approximate surface area is 98.8 Å². The number of nitrogen functional groups attached to an aromatic ring is 1. The maximum Gasteiger partial charge on any atom is 0.224 e. The highest BCUT2D eigenvalue weighted by Gasteiger charge is 2.13. The second-order valence-electron chi connectivity index (χ2n) is 2.93. The molecule has 1 aliphatic carbocycles. The second kappa shape index (κ2) is 3.68. The molecule has 6 heteroatoms. The molecule has 1 atom stereocenters. The zero-order chi connectivity index (χ0) is 10.3. The van der Waals surface area contributed by atoms with E-state index in [4.69, 9.17) is 28.9 Å². The van der Waals surface area contributed by atoms with E-state index in [-0.39, 0.29) is 10.7 Å². The van der Waals surface area contributed by atoms with Crippen LogP contribution in [0.2, 0.25) is 5.28 Å². The fraction of sp³-hybridized carbons (Fsp3) is 0.250. The number of hydrogen-bond donors (Lipinski definition) is 1. The number of aromatic nitrogens is 2. The molecule has 2 rings (SSSR count). The number of rotatable bonds is 0. The van der Waals surface area contributed by atoms with Crippen LogP contribution in [0.4, 0.5) is 5.82 Å². The molecule has 1 aromatic heterocycles. The van der Waals surface area contributed by atoms with Gasteiger partial charge >= 0.3 is 0 Å². The predicted molar refractivity (Wildman–Crippen MR) is 61.8 cm³/mol. The third kappa shape index (κ3) is 1.74. The summed E-state index contributed by atoms with van der Waals surface area (Å²) in [5, 5.41) is 1.57. The molecule has 1 aliphatic rings. The van der Waals surface area contributed by atoms with Crippen LogP contribution in [0.25, 0.3) is 10.6 Å². The van der Waals surface area contributed by atoms with E-state index in [1.54, 1.807) is 0 Å². The number of fused-ring (bicyclic) bond motifs is 1. The first-order valence-electron chi connectivity index (χ1n) is 3.91. The highest BCUT2D eigenvalue weighted by molar-refractivity contribution is 9.14. The highest BCUT2D eigenvalue weighted by Crippen LogP contribution is 2.19. The highest BCUT2D eigenvalue weighted by atomic mass is 79.9. The van der Waals surface area contributed by atoms with Crippen LogP contribution in [0.5, 0.6) is 0 Å². The van der Waals surface area contributed by atoms with E-state index >= 15 is 0 Å². The van der Waals surface area contributed by atoms with E-state index in [9.17, 15) is 0 Å². The van der Waals surface area contributed by atoms with Gasteiger partial charge in [0.15, 0.2) is 0 Å². The maximum atomic E-state index is 6.00. The molecule has 0 aliphatic heterocycles. The molecule has 3 nitrogen and oxygen atoms in total. The van der Waals surface area contributed by atoms with Crippen molar-refractivity contribution in [3.8, 4) is 0 Å². The maximum absolute atomic E-state index is 6.00. The van der Waals surface area contributed by atoms with E-state index in [2.05, 4.69) is 25.9 Å². The Morgan fingerprint density at radius 3 is 2.93 bits per heavy atom. The largest absolute Gasteiger partial charge is 0.383 e. The lowest BCUT2D eigenvalue weighted by molar-refractivity contribution is 1.04. The number of hydrogen-bond acceptors (Lipinski definition) is 3. The Morgan fingerprint density at radius 1 is 1.50 bits per heavy atom. The van der Waals surface area contributed by atoms with Crippen molar-refractivity contribution in [1.29, 1.82) is 0 Å². The van der Waals surface area contributed by atoms with Gasteiger partial charge in [0, 0.05) is 16.1 Å². The van der Waals surface area contributed by atoms with E-state index in [1.807, 2.05) is 6.08 Å². The lowest BCUT2D eigenvalue weighted by Crippen LogP contribution is -2.37. The summed E-state index contributed by atoms with van der Waals surface area (Å²) in [6.07, 6.45) is 2.54. The second-order valence-corrected chi connectivity index (χ2v) is 4.79. The average Bonchev–Trinajstić information content (AvgIpc) is 2.07. The monoisotopic (exact) mass is 293 g/mol. The van der Waals surface area contributed by atoms with E-state index in [1.165, 1.54) is 0 Å². The van der Waals surface area contributed by atoms with Gasteiger partial charge in [0.2, 0.25) is 5.28 Å². The molecule has 0 amide bonds. The molecule has 0 fully saturated rings. The van der Waals surface area contributed by atoms with Gasteiger partial charge in [0.1, 0.15) is 5.82 Å². The average molecular weight is 295 g/mol. The Kier molecular flexibility index (Phi) is 2.68. The third-order valence-corrected chi connectivity index (χ3v) is 3.08. The fourth-order valence-electron chi connectivity index (χ4n) is 1.34. The van der Waals surface area contributed by atoms with Crippen LogP contribution in [0.1, 0.15) is 6.42 Å². The van der Waals surface area contributed by atoms with Crippen molar-refractivity contribution in [3.63, 3.8) is 0 Å². The van der Waals surface area contributed by atoms with Gasteiger partial charge in [-0.15, -0.1) is 11.6 Å². The molecule has 2 N–H and O–H groups in total. The van der Waals surface area contributed by atoms with Crippen LogP contribution in [-0.2, 0) is 0 Å². The minimum atomic E-state index is -0.0797. The minimum Gasteiger partial charge on any atom is -0.383 e. The zero-order valence-electron chi connectivity index (χ0n) is 6.97. The van der Waals surface area contributed by atoms with Crippen LogP contribution < -0.4 is 16.3 Å². The van der Waals surface area contributed by atoms with Gasteiger partial charge in [-0.1, -0.05) is 22.0 Å². The lowest BCUT2D eigenvalue weighted by Gasteiger charge is -2.10. The van der Waals surface area contributed by atoms with Crippen LogP contribution in [0.15, 0.2) is 0 Å². The standard InChI is InChI=1S/C8H6BrCl2N3/c9-5-2-3(10)1-4-6(5)13-8(11)14-7(4)12/h1,3H,2H2,(H2,12,13,14). The third-order valence-electron chi connectivity index (χ3n) is 1.93. The Morgan fingerprint density at radius 2 is 2.21 bits per heavy atom. The Hall–Kier alpha value is -0.320. The molecule has 0 bridgehead atoms.